The number of carbonyl (C=O) groups excluding carboxylic acids is 1. The van der Waals surface area contributed by atoms with E-state index in [1.54, 1.807) is 5.57 Å². The zero-order chi connectivity index (χ0) is 22.4. The van der Waals surface area contributed by atoms with E-state index in [2.05, 4.69) is 40.7 Å². The van der Waals surface area contributed by atoms with Crippen molar-refractivity contribution < 1.29 is 9.90 Å². The molecule has 0 aromatic rings. The summed E-state index contributed by atoms with van der Waals surface area (Å²) in [5.41, 5.74) is 2.35. The Kier molecular flexibility index (Phi) is 6.80. The van der Waals surface area contributed by atoms with Crippen LogP contribution in [0.4, 0.5) is 0 Å². The van der Waals surface area contributed by atoms with Crippen molar-refractivity contribution in [2.75, 3.05) is 0 Å². The smallest absolute Gasteiger partial charge is 0.136 e. The molecule has 0 saturated heterocycles. The molecule has 3 unspecified atom stereocenters. The van der Waals surface area contributed by atoms with E-state index in [0.29, 0.717) is 22.5 Å². The predicted octanol–water partition coefficient (Wildman–Crippen LogP) is 7.35. The number of hydrogen-bond acceptors (Lipinski definition) is 2. The van der Waals surface area contributed by atoms with Crippen LogP contribution >= 0.6 is 0 Å². The molecule has 0 radical (unpaired) electrons. The van der Waals surface area contributed by atoms with Gasteiger partial charge in [-0.2, -0.15) is 0 Å². The molecule has 8 atom stereocenters. The van der Waals surface area contributed by atoms with Gasteiger partial charge in [0.15, 0.2) is 0 Å². The highest BCUT2D eigenvalue weighted by Gasteiger charge is 2.58. The van der Waals surface area contributed by atoms with Crippen LogP contribution in [-0.4, -0.2) is 17.0 Å². The van der Waals surface area contributed by atoms with Gasteiger partial charge in [0, 0.05) is 12.3 Å². The van der Waals surface area contributed by atoms with E-state index in [0.717, 1.165) is 62.2 Å². The van der Waals surface area contributed by atoms with Crippen molar-refractivity contribution in [2.45, 2.75) is 118 Å². The van der Waals surface area contributed by atoms with Crippen molar-refractivity contribution in [3.63, 3.8) is 0 Å². The lowest BCUT2D eigenvalue weighted by Crippen LogP contribution is -2.50. The van der Waals surface area contributed by atoms with Gasteiger partial charge in [-0.25, -0.2) is 0 Å². The summed E-state index contributed by atoms with van der Waals surface area (Å²) in [6, 6.07) is 0. The van der Waals surface area contributed by atoms with Crippen molar-refractivity contribution in [1.29, 1.82) is 0 Å². The first-order chi connectivity index (χ1) is 14.7. The van der Waals surface area contributed by atoms with E-state index in [4.69, 9.17) is 0 Å². The standard InChI is InChI=1S/C29H48O2/c1-6-7-23(19(2)3)27(31)13-10-20-9-12-25-24-11-8-21-18-22(30)14-16-29(21,5)26(24)15-17-28(20,25)4/h8,19-20,22-26,30H,6-7,9-18H2,1-5H3/t20-,22+,23-,24?,25?,26?,28-,29+/m1/s1. The first kappa shape index (κ1) is 23.5. The Morgan fingerprint density at radius 1 is 1.13 bits per heavy atom. The number of hydrogen-bond donors (Lipinski definition) is 1. The predicted molar refractivity (Wildman–Crippen MR) is 129 cm³/mol. The summed E-state index contributed by atoms with van der Waals surface area (Å²) in [4.78, 5) is 13.0. The molecule has 0 aromatic heterocycles. The molecule has 4 rings (SSSR count). The molecular weight excluding hydrogens is 380 g/mol. The van der Waals surface area contributed by atoms with Gasteiger partial charge in [-0.3, -0.25) is 4.79 Å². The maximum Gasteiger partial charge on any atom is 0.136 e. The van der Waals surface area contributed by atoms with Crippen molar-refractivity contribution in [2.24, 2.45) is 46.3 Å². The first-order valence-electron chi connectivity index (χ1n) is 13.6. The highest BCUT2D eigenvalue weighted by atomic mass is 16.3. The van der Waals surface area contributed by atoms with Gasteiger partial charge in [-0.05, 0) is 105 Å². The van der Waals surface area contributed by atoms with Crippen LogP contribution in [-0.2, 0) is 4.79 Å². The summed E-state index contributed by atoms with van der Waals surface area (Å²) in [7, 11) is 0. The Balaban J connectivity index is 1.44. The highest BCUT2D eigenvalue weighted by molar-refractivity contribution is 5.81. The van der Waals surface area contributed by atoms with Gasteiger partial charge in [0.2, 0.25) is 0 Å². The third-order valence-electron chi connectivity index (χ3n) is 10.8. The molecule has 0 heterocycles. The number of Topliss-reactive ketones (excluding diaryl/α,β-unsaturated/α-hetero) is 1. The zero-order valence-electron chi connectivity index (χ0n) is 21.0. The topological polar surface area (TPSA) is 37.3 Å². The average molecular weight is 429 g/mol. The second-order valence-corrected chi connectivity index (χ2v) is 12.6. The van der Waals surface area contributed by atoms with Gasteiger partial charge in [0.25, 0.3) is 0 Å². The van der Waals surface area contributed by atoms with E-state index in [1.807, 2.05) is 0 Å². The minimum atomic E-state index is -0.111. The summed E-state index contributed by atoms with van der Waals surface area (Å²) in [5, 5.41) is 10.2. The van der Waals surface area contributed by atoms with Crippen LogP contribution in [0.3, 0.4) is 0 Å². The van der Waals surface area contributed by atoms with Gasteiger partial charge in [0.1, 0.15) is 5.78 Å². The normalized spacial score (nSPS) is 43.1. The lowest BCUT2D eigenvalue weighted by Gasteiger charge is -2.58. The van der Waals surface area contributed by atoms with Crippen molar-refractivity contribution >= 4 is 5.78 Å². The largest absolute Gasteiger partial charge is 0.393 e. The third-order valence-corrected chi connectivity index (χ3v) is 10.8. The Hall–Kier alpha value is -0.630. The second kappa shape index (κ2) is 8.96. The molecule has 0 bridgehead atoms. The molecule has 31 heavy (non-hydrogen) atoms. The van der Waals surface area contributed by atoms with Crippen LogP contribution in [0.5, 0.6) is 0 Å². The number of allylic oxidation sites excluding steroid dienone is 1. The number of carbonyl (C=O) groups is 1. The van der Waals surface area contributed by atoms with Gasteiger partial charge in [0.05, 0.1) is 6.10 Å². The lowest BCUT2D eigenvalue weighted by atomic mass is 9.47. The molecule has 0 aliphatic heterocycles. The quantitative estimate of drug-likeness (QED) is 0.430. The number of ketones is 1. The second-order valence-electron chi connectivity index (χ2n) is 12.6. The third kappa shape index (κ3) is 4.09. The van der Waals surface area contributed by atoms with E-state index >= 15 is 0 Å². The number of rotatable bonds is 7. The summed E-state index contributed by atoms with van der Waals surface area (Å²) in [5.74, 6) is 4.51. The first-order valence-corrected chi connectivity index (χ1v) is 13.6. The molecule has 3 saturated carbocycles. The Morgan fingerprint density at radius 3 is 2.61 bits per heavy atom. The monoisotopic (exact) mass is 428 g/mol. The van der Waals surface area contributed by atoms with Crippen LogP contribution in [0, 0.1) is 46.3 Å². The van der Waals surface area contributed by atoms with Gasteiger partial charge >= 0.3 is 0 Å². The Morgan fingerprint density at radius 2 is 1.90 bits per heavy atom. The Bertz CT molecular complexity index is 693. The molecule has 0 amide bonds. The number of fused-ring (bicyclic) bond motifs is 5. The maximum absolute atomic E-state index is 13.0. The van der Waals surface area contributed by atoms with E-state index in [-0.39, 0.29) is 12.0 Å². The SMILES string of the molecule is CCC[C@@H](C(=O)CC[C@H]1CCC2C3CC=C4C[C@@H](O)CC[C@]4(C)C3CC[C@@]21C)C(C)C. The average Bonchev–Trinajstić information content (AvgIpc) is 3.07. The van der Waals surface area contributed by atoms with Gasteiger partial charge in [-0.1, -0.05) is 52.7 Å². The van der Waals surface area contributed by atoms with Crippen molar-refractivity contribution in [1.82, 2.24) is 0 Å². The van der Waals surface area contributed by atoms with E-state index < -0.39 is 0 Å². The van der Waals surface area contributed by atoms with Crippen molar-refractivity contribution in [3.05, 3.63) is 11.6 Å². The molecule has 2 nitrogen and oxygen atoms in total. The molecule has 176 valence electrons. The lowest BCUT2D eigenvalue weighted by molar-refractivity contribution is -0.125. The molecule has 0 spiro atoms. The fourth-order valence-electron chi connectivity index (χ4n) is 8.90. The molecule has 0 aromatic carbocycles. The summed E-state index contributed by atoms with van der Waals surface area (Å²) in [6.07, 6.45) is 16.3. The van der Waals surface area contributed by atoms with Gasteiger partial charge < -0.3 is 5.11 Å². The fraction of sp³-hybridized carbons (Fsp3) is 0.897. The van der Waals surface area contributed by atoms with Crippen LogP contribution in [0.25, 0.3) is 0 Å². The summed E-state index contributed by atoms with van der Waals surface area (Å²) >= 11 is 0. The molecule has 4 aliphatic rings. The minimum Gasteiger partial charge on any atom is -0.393 e. The van der Waals surface area contributed by atoms with Crippen molar-refractivity contribution in [3.8, 4) is 0 Å². The highest BCUT2D eigenvalue weighted by Crippen LogP contribution is 2.66. The van der Waals surface area contributed by atoms with Crippen LogP contribution in [0.1, 0.15) is 112 Å². The summed E-state index contributed by atoms with van der Waals surface area (Å²) < 4.78 is 0. The zero-order valence-corrected chi connectivity index (χ0v) is 21.0. The molecule has 4 aliphatic carbocycles. The molecule has 1 N–H and O–H groups in total. The van der Waals surface area contributed by atoms with E-state index in [1.165, 1.54) is 38.5 Å². The number of aliphatic hydroxyl groups is 1. The van der Waals surface area contributed by atoms with Crippen LogP contribution < -0.4 is 0 Å². The fourth-order valence-corrected chi connectivity index (χ4v) is 8.90. The van der Waals surface area contributed by atoms with Gasteiger partial charge in [-0.15, -0.1) is 0 Å². The molecular formula is C29H48O2. The minimum absolute atomic E-state index is 0.111. The van der Waals surface area contributed by atoms with Crippen LogP contribution in [0.15, 0.2) is 11.6 Å². The maximum atomic E-state index is 13.0. The summed E-state index contributed by atoms with van der Waals surface area (Å²) in [6.45, 7) is 11.8. The van der Waals surface area contributed by atoms with E-state index in [9.17, 15) is 9.90 Å². The molecule has 3 fully saturated rings. The molecule has 2 heteroatoms. The Labute approximate surface area is 191 Å². The van der Waals surface area contributed by atoms with Crippen LogP contribution in [0.2, 0.25) is 0 Å². The number of aliphatic hydroxyl groups excluding tert-OH is 1.